The Bertz CT molecular complexity index is 1640. The van der Waals surface area contributed by atoms with Crippen LogP contribution in [0, 0.1) is 22.6 Å². The van der Waals surface area contributed by atoms with Crippen LogP contribution in [-0.4, -0.2) is 52.4 Å². The molecule has 2 aromatic carbocycles. The van der Waals surface area contributed by atoms with Crippen molar-refractivity contribution in [2.75, 3.05) is 18.0 Å². The lowest BCUT2D eigenvalue weighted by Gasteiger charge is -2.27. The molecule has 0 bridgehead atoms. The highest BCUT2D eigenvalue weighted by Crippen LogP contribution is 2.37. The second-order valence-electron chi connectivity index (χ2n) is 11.7. The first kappa shape index (κ1) is 31.3. The van der Waals surface area contributed by atoms with Crippen LogP contribution in [0.2, 0.25) is 5.02 Å². The molecule has 1 aromatic heterocycles. The van der Waals surface area contributed by atoms with Crippen LogP contribution in [0.15, 0.2) is 47.5 Å². The molecule has 4 atom stereocenters. The Kier molecular flexibility index (Phi) is 9.42. The van der Waals surface area contributed by atoms with E-state index in [4.69, 9.17) is 39.6 Å². The average Bonchev–Trinajstić information content (AvgIpc) is 3.58. The zero-order chi connectivity index (χ0) is 31.5. The molecule has 3 heterocycles. The van der Waals surface area contributed by atoms with Crippen molar-refractivity contribution in [3.8, 4) is 11.3 Å². The smallest absolute Gasteiger partial charge is 0.231 e. The Hall–Kier alpha value is -4.13. The fourth-order valence-electron chi connectivity index (χ4n) is 6.02. The van der Waals surface area contributed by atoms with Gasteiger partial charge < -0.3 is 42.4 Å². The number of fused-ring (bicyclic) bond motifs is 1. The highest BCUT2D eigenvalue weighted by Gasteiger charge is 2.34. The molecular formula is C31H40ClFN10O. The molecule has 13 heteroatoms. The molecule has 5 rings (SSSR count). The summed E-state index contributed by atoms with van der Waals surface area (Å²) >= 11 is 6.26. The molecule has 3 aromatic rings. The second-order valence-corrected chi connectivity index (χ2v) is 12.1. The highest BCUT2D eigenvalue weighted by atomic mass is 35.5. The monoisotopic (exact) mass is 622 g/mol. The van der Waals surface area contributed by atoms with Crippen LogP contribution in [0.25, 0.3) is 17.5 Å². The molecule has 0 aliphatic carbocycles. The van der Waals surface area contributed by atoms with Crippen molar-refractivity contribution in [1.82, 2.24) is 15.2 Å². The number of halogens is 2. The molecule has 11 nitrogen and oxygen atoms in total. The zero-order valence-electron chi connectivity index (χ0n) is 24.7. The van der Waals surface area contributed by atoms with Crippen molar-refractivity contribution in [3.05, 3.63) is 75.1 Å². The number of hydrogen-bond acceptors (Lipinski definition) is 6. The summed E-state index contributed by atoms with van der Waals surface area (Å²) in [4.78, 5) is 11.1. The lowest BCUT2D eigenvalue weighted by Crippen LogP contribution is -2.41. The standard InChI is InChI=1S/C31H40ClFN10O/c1-17(34)3-2-4-18-11-23(27(33)24(32)12-18)25-14-21-16-42(31(44)41-28(21)40-25)22-7-5-20(6-8-22)26-13-19(9-10-39-29(35)36)15-43(26)30(37)38/h5-8,11-12,14,16-17,19,26,31,44H,2-4,9-10,13,15,34H2,1H3,(H3,37,38)(H,40,41)(H4,35,36,39)/t17-,19?,26-,31?/m0/s1. The normalized spacial score (nSPS) is 20.1. The molecule has 234 valence electrons. The van der Waals surface area contributed by atoms with Gasteiger partial charge in [-0.25, -0.2) is 9.38 Å². The Morgan fingerprint density at radius 3 is 2.66 bits per heavy atom. The van der Waals surface area contributed by atoms with Gasteiger partial charge in [-0.3, -0.25) is 10.8 Å². The first-order valence-electron chi connectivity index (χ1n) is 14.8. The van der Waals surface area contributed by atoms with Gasteiger partial charge in [-0.05, 0) is 86.4 Å². The molecule has 0 saturated carbocycles. The lowest BCUT2D eigenvalue weighted by atomic mass is 9.97. The minimum Gasteiger partial charge on any atom is -0.370 e. The van der Waals surface area contributed by atoms with Gasteiger partial charge in [0.15, 0.2) is 17.7 Å². The van der Waals surface area contributed by atoms with Crippen LogP contribution in [0.4, 0.5) is 10.1 Å². The highest BCUT2D eigenvalue weighted by molar-refractivity contribution is 6.31. The average molecular weight is 623 g/mol. The largest absolute Gasteiger partial charge is 0.370 e. The van der Waals surface area contributed by atoms with Gasteiger partial charge in [0.1, 0.15) is 5.49 Å². The zero-order valence-corrected chi connectivity index (χ0v) is 25.4. The maximum absolute atomic E-state index is 15.1. The Labute approximate surface area is 260 Å². The predicted molar refractivity (Wildman–Crippen MR) is 172 cm³/mol. The first-order chi connectivity index (χ1) is 21.0. The summed E-state index contributed by atoms with van der Waals surface area (Å²) < 4.78 is 15.1. The summed E-state index contributed by atoms with van der Waals surface area (Å²) in [6.45, 7) is 3.20. The molecule has 2 aliphatic rings. The number of aromatic amines is 1. The van der Waals surface area contributed by atoms with Crippen molar-refractivity contribution in [3.63, 3.8) is 0 Å². The third kappa shape index (κ3) is 6.98. The molecule has 44 heavy (non-hydrogen) atoms. The number of nitrogens with two attached hydrogens (primary N) is 3. The van der Waals surface area contributed by atoms with Gasteiger partial charge in [-0.1, -0.05) is 23.7 Å². The van der Waals surface area contributed by atoms with Crippen molar-refractivity contribution in [2.45, 2.75) is 57.5 Å². The predicted octanol–water partition coefficient (Wildman–Crippen LogP) is 2.43. The van der Waals surface area contributed by atoms with Crippen LogP contribution in [0.3, 0.4) is 0 Å². The van der Waals surface area contributed by atoms with E-state index in [2.05, 4.69) is 15.3 Å². The first-order valence-corrected chi connectivity index (χ1v) is 15.2. The summed E-state index contributed by atoms with van der Waals surface area (Å²) in [6.07, 6.45) is 4.69. The van der Waals surface area contributed by atoms with E-state index in [1.54, 1.807) is 29.3 Å². The van der Waals surface area contributed by atoms with Gasteiger partial charge in [-0.2, -0.15) is 0 Å². The number of benzene rings is 2. The van der Waals surface area contributed by atoms with Gasteiger partial charge in [0.25, 0.3) is 0 Å². The molecule has 1 saturated heterocycles. The van der Waals surface area contributed by atoms with E-state index in [1.807, 2.05) is 36.1 Å². The van der Waals surface area contributed by atoms with Crippen LogP contribution < -0.4 is 38.1 Å². The molecule has 1 fully saturated rings. The maximum Gasteiger partial charge on any atom is 0.231 e. The summed E-state index contributed by atoms with van der Waals surface area (Å²) in [6, 6.07) is 13.0. The van der Waals surface area contributed by atoms with E-state index < -0.39 is 12.2 Å². The second kappa shape index (κ2) is 13.2. The van der Waals surface area contributed by atoms with Gasteiger partial charge in [0, 0.05) is 41.8 Å². The van der Waals surface area contributed by atoms with E-state index in [0.717, 1.165) is 48.9 Å². The van der Waals surface area contributed by atoms with E-state index in [9.17, 15) is 5.11 Å². The topological polar surface area (TPSA) is 193 Å². The number of H-pyrrole nitrogens is 1. The van der Waals surface area contributed by atoms with Crippen LogP contribution in [0.1, 0.15) is 49.8 Å². The van der Waals surface area contributed by atoms with Crippen molar-refractivity contribution in [2.24, 2.45) is 28.1 Å². The Morgan fingerprint density at radius 2 is 1.98 bits per heavy atom. The molecule has 0 spiro atoms. The fraction of sp³-hybridized carbons (Fsp3) is 0.387. The number of aromatic nitrogens is 1. The molecule has 0 amide bonds. The summed E-state index contributed by atoms with van der Waals surface area (Å²) in [7, 11) is 0. The van der Waals surface area contributed by atoms with Crippen molar-refractivity contribution in [1.29, 1.82) is 10.8 Å². The van der Waals surface area contributed by atoms with Gasteiger partial charge in [0.05, 0.1) is 16.8 Å². The van der Waals surface area contributed by atoms with E-state index in [0.29, 0.717) is 41.0 Å². The van der Waals surface area contributed by atoms with Crippen molar-refractivity contribution < 1.29 is 9.50 Å². The lowest BCUT2D eigenvalue weighted by molar-refractivity contribution is 0.186. The molecule has 0 radical (unpaired) electrons. The number of nitrogens with zero attached hydrogens (tertiary/aromatic N) is 3. The van der Waals surface area contributed by atoms with Gasteiger partial charge >= 0.3 is 0 Å². The van der Waals surface area contributed by atoms with Gasteiger partial charge in [-0.15, -0.1) is 0 Å². The van der Waals surface area contributed by atoms with Gasteiger partial charge in [0.2, 0.25) is 6.35 Å². The minimum absolute atomic E-state index is 0.0175. The van der Waals surface area contributed by atoms with E-state index in [1.165, 1.54) is 0 Å². The number of anilines is 1. The van der Waals surface area contributed by atoms with E-state index in [-0.39, 0.29) is 29.0 Å². The Balaban J connectivity index is 1.35. The quantitative estimate of drug-likeness (QED) is 0.126. The minimum atomic E-state index is -1.18. The number of likely N-dealkylation sites (tertiary alicyclic amines) is 1. The third-order valence-corrected chi connectivity index (χ3v) is 8.52. The molecule has 2 aliphatic heterocycles. The number of nitrogens with one attached hydrogen (secondary N) is 4. The molecule has 11 N–H and O–H groups in total. The number of aliphatic hydroxyl groups excluding tert-OH is 1. The summed E-state index contributed by atoms with van der Waals surface area (Å²) in [5.74, 6) is -0.260. The number of rotatable bonds is 10. The summed E-state index contributed by atoms with van der Waals surface area (Å²) in [5, 5.41) is 29.9. The third-order valence-electron chi connectivity index (χ3n) is 8.24. The molecule has 2 unspecified atom stereocenters. The van der Waals surface area contributed by atoms with Crippen molar-refractivity contribution >= 4 is 35.4 Å². The fourth-order valence-corrected chi connectivity index (χ4v) is 6.26. The summed E-state index contributed by atoms with van der Waals surface area (Å²) in [5.41, 5.74) is 21.2. The van der Waals surface area contributed by atoms with Crippen LogP contribution in [0.5, 0.6) is 0 Å². The molecular weight excluding hydrogens is 583 g/mol. The number of aryl methyl sites for hydroxylation is 1. The number of hydrogen-bond donors (Lipinski definition) is 8. The SMILES string of the molecule is C[C@H](N)CCCc1cc(Cl)c(F)c(-c2cc3c([nH]2)=NC(O)N(c2ccc([C@@H]4CC(CCNC(=N)N)CN4C(=N)N)cc2)C=3)c1. The van der Waals surface area contributed by atoms with E-state index >= 15 is 4.39 Å². The number of guanidine groups is 2. The Morgan fingerprint density at radius 1 is 1.23 bits per heavy atom. The van der Waals surface area contributed by atoms with Crippen LogP contribution >= 0.6 is 11.6 Å². The number of aliphatic hydroxyl groups is 1. The van der Waals surface area contributed by atoms with Crippen LogP contribution in [-0.2, 0) is 6.42 Å². The maximum atomic E-state index is 15.1.